The maximum absolute atomic E-state index is 14.2. The molecular weight excluding hydrogens is 1610 g/mol. The zero-order valence-electron chi connectivity index (χ0n) is 67.8. The largest absolute Gasteiger partial charge is 0.464 e. The number of carbonyl (C=O) groups is 6. The summed E-state index contributed by atoms with van der Waals surface area (Å²) in [5.41, 5.74) is 2.65. The first kappa shape index (κ1) is 93.6. The molecule has 36 heteroatoms. The summed E-state index contributed by atoms with van der Waals surface area (Å²) in [7, 11) is -12.7. The van der Waals surface area contributed by atoms with Crippen molar-refractivity contribution in [2.45, 2.75) is 188 Å². The van der Waals surface area contributed by atoms with Crippen molar-refractivity contribution < 1.29 is 142 Å². The van der Waals surface area contributed by atoms with Gasteiger partial charge < -0.3 is 72.6 Å². The van der Waals surface area contributed by atoms with E-state index in [-0.39, 0.29) is 59.3 Å². The van der Waals surface area contributed by atoms with Crippen LogP contribution in [0.1, 0.15) is 137 Å². The SMILES string of the molecule is CC(=O)c1ccc[n+]([C@@H]2O[C@H](COP(=O)(N[C@@H](C)C(=O)OCC(C)(C)C)Oc3cccc4ccccc34)C(O)[C@@H]2O)c1.CC(=O)c1ccc[n+]([C@@H]2O[C@H](COP(=O)(N[C@@H](C)C(=O)OCc3ccccc3)Oc3ccc(C)cc3)C(O)[C@@H]2O)c1.CC(=O)c1ccc[n+]([C@@H]2O[C@H](CO[P@@](=O)(N[C@@H](C)C(=O)OC(C)C)Oc3ccccc3)C(O)[C@@H]2O)c1. The Hall–Kier alpha value is -9.28. The van der Waals surface area contributed by atoms with Gasteiger partial charge in [0.1, 0.15) is 78.6 Å². The third kappa shape index (κ3) is 26.9. The topological polar surface area (TPSA) is 434 Å². The van der Waals surface area contributed by atoms with E-state index in [0.717, 1.165) is 16.5 Å². The molecule has 640 valence electrons. The standard InChI is InChI=1S/C30H38N2O9P.C29H34N2O9P.C24H32N2O9P/c1-19(29(36)38-18-30(3,4)5)31-42(37,41-24-14-8-11-21-10-6-7-13-23(21)24)39-17-25-26(34)27(35)28(40-25)32-15-9-12-22(16-32)20(2)33;1-19-11-13-24(14-12-19)40-41(36,30-20(2)29(35)37-17-22-8-5-4-6-9-22)38-18-25-26(33)27(34)28(39-25)31-15-7-10-23(16-31)21(3)32;1-15(2)33-24(30)16(3)25-36(31,35-19-10-6-5-7-11-19)32-14-20-21(28)22(29)23(34-20)26-12-8-9-18(13-26)17(4)27/h6-16,19,25-28,34-35H,17-18H2,1-5H3,(H,31,37);4-16,20,25-28,33-34H,17-18H2,1-3H3,(H,30,36);5-13,15-16,20-23,28-29H,14H2,1-4H3,(H,25,31)/q3*+1/t19-,25+,26?,27-,28+,42?;20-,25+,26?,27-,28+,41?;16-,20+,21?,22-,23+,36-/m000/s1. The normalized spacial score (nSPS) is 23.1. The molecular formula is C83H104N6O27P3+3. The molecule has 0 amide bonds. The Morgan fingerprint density at radius 1 is 0.437 bits per heavy atom. The molecule has 0 saturated carbocycles. The summed E-state index contributed by atoms with van der Waals surface area (Å²) < 4.78 is 114. The summed E-state index contributed by atoms with van der Waals surface area (Å²) in [5, 5.41) is 73.2. The predicted molar refractivity (Wildman–Crippen MR) is 427 cm³/mol. The third-order valence-electron chi connectivity index (χ3n) is 18.3. The number of hydrogen-bond donors (Lipinski definition) is 9. The molecule has 3 aromatic heterocycles. The van der Waals surface area contributed by atoms with Gasteiger partial charge in [-0.05, 0) is 127 Å². The molecule has 3 aliphatic rings. The molecule has 3 saturated heterocycles. The fourth-order valence-corrected chi connectivity index (χ4v) is 16.5. The molecule has 6 heterocycles. The maximum Gasteiger partial charge on any atom is 0.459 e. The molecule has 5 unspecified atom stereocenters. The number of aryl methyl sites for hydroxylation is 1. The second kappa shape index (κ2) is 42.3. The highest BCUT2D eigenvalue weighted by Crippen LogP contribution is 2.50. The number of aliphatic hydroxyl groups excluding tert-OH is 6. The van der Waals surface area contributed by atoms with Crippen molar-refractivity contribution >= 4 is 69.3 Å². The predicted octanol–water partition coefficient (Wildman–Crippen LogP) is 8.68. The second-order valence-corrected chi connectivity index (χ2v) is 35.1. The third-order valence-corrected chi connectivity index (χ3v) is 23.2. The Kier molecular flexibility index (Phi) is 33.3. The van der Waals surface area contributed by atoms with Crippen molar-refractivity contribution in [2.75, 3.05) is 26.4 Å². The van der Waals surface area contributed by atoms with E-state index in [4.69, 9.17) is 55.6 Å². The van der Waals surface area contributed by atoms with E-state index in [0.29, 0.717) is 22.1 Å². The molecule has 18 atom stereocenters. The van der Waals surface area contributed by atoms with Crippen LogP contribution in [0.25, 0.3) is 10.8 Å². The molecule has 5 aromatic carbocycles. The summed E-state index contributed by atoms with van der Waals surface area (Å²) in [6.07, 6.45) is -5.81. The number of pyridine rings is 3. The lowest BCUT2D eigenvalue weighted by molar-refractivity contribution is -0.766. The van der Waals surface area contributed by atoms with Gasteiger partial charge in [-0.2, -0.15) is 29.0 Å². The smallest absolute Gasteiger partial charge is 0.459 e. The van der Waals surface area contributed by atoms with E-state index < -0.39 is 153 Å². The Morgan fingerprint density at radius 2 is 0.807 bits per heavy atom. The highest BCUT2D eigenvalue weighted by atomic mass is 31.2. The Morgan fingerprint density at radius 3 is 1.22 bits per heavy atom. The molecule has 0 aliphatic carbocycles. The highest BCUT2D eigenvalue weighted by Gasteiger charge is 2.53. The number of Topliss-reactive ketones (excluding diaryl/α,β-unsaturated/α-hetero) is 3. The summed E-state index contributed by atoms with van der Waals surface area (Å²) >= 11 is 0. The van der Waals surface area contributed by atoms with Gasteiger partial charge in [0.2, 0.25) is 0 Å². The van der Waals surface area contributed by atoms with Gasteiger partial charge in [0.15, 0.2) is 72.8 Å². The number of fused-ring (bicyclic) bond motifs is 1. The molecule has 0 radical (unpaired) electrons. The lowest BCUT2D eigenvalue weighted by atomic mass is 9.99. The number of nitrogens with zero attached hydrogens (tertiary/aromatic N) is 3. The summed E-state index contributed by atoms with van der Waals surface area (Å²) in [4.78, 5) is 73.0. The van der Waals surface area contributed by atoms with Crippen molar-refractivity contribution in [3.8, 4) is 17.2 Å². The number of benzene rings is 5. The number of para-hydroxylation sites is 1. The van der Waals surface area contributed by atoms with Crippen molar-refractivity contribution in [3.63, 3.8) is 0 Å². The number of ether oxygens (including phenoxy) is 6. The fourth-order valence-electron chi connectivity index (χ4n) is 11.9. The summed E-state index contributed by atoms with van der Waals surface area (Å²) in [6, 6.07) is 43.1. The first-order valence-electron chi connectivity index (χ1n) is 38.2. The highest BCUT2D eigenvalue weighted by molar-refractivity contribution is 7.52. The van der Waals surface area contributed by atoms with Gasteiger partial charge in [-0.15, -0.1) is 0 Å². The molecule has 11 rings (SSSR count). The fraction of sp³-hybridized carbons (Fsp3) is 0.410. The Labute approximate surface area is 689 Å². The van der Waals surface area contributed by atoms with Gasteiger partial charge in [-0.3, -0.25) is 42.3 Å². The number of aliphatic hydroxyl groups is 6. The van der Waals surface area contributed by atoms with Crippen molar-refractivity contribution in [3.05, 3.63) is 229 Å². The second-order valence-electron chi connectivity index (χ2n) is 30.0. The molecule has 0 spiro atoms. The van der Waals surface area contributed by atoms with E-state index >= 15 is 0 Å². The van der Waals surface area contributed by atoms with E-state index in [1.807, 2.05) is 82.3 Å². The van der Waals surface area contributed by atoms with Crippen molar-refractivity contribution in [1.29, 1.82) is 0 Å². The van der Waals surface area contributed by atoms with Crippen LogP contribution in [0.5, 0.6) is 17.2 Å². The molecule has 33 nitrogen and oxygen atoms in total. The van der Waals surface area contributed by atoms with Crippen LogP contribution in [-0.2, 0) is 76.7 Å². The first-order chi connectivity index (χ1) is 56.3. The minimum absolute atomic E-state index is 0.0273. The van der Waals surface area contributed by atoms with Crippen molar-refractivity contribution in [2.24, 2.45) is 5.41 Å². The first-order valence-corrected chi connectivity index (χ1v) is 42.9. The Balaban J connectivity index is 0.000000204. The van der Waals surface area contributed by atoms with E-state index in [9.17, 15) is 73.1 Å². The minimum atomic E-state index is -4.31. The molecule has 9 N–H and O–H groups in total. The van der Waals surface area contributed by atoms with Crippen LogP contribution in [0, 0.1) is 12.3 Å². The lowest BCUT2D eigenvalue weighted by Crippen LogP contribution is -2.46. The monoisotopic (exact) mass is 1710 g/mol. The van der Waals surface area contributed by atoms with E-state index in [2.05, 4.69) is 15.3 Å². The summed E-state index contributed by atoms with van der Waals surface area (Å²) in [5.74, 6) is -1.81. The van der Waals surface area contributed by atoms with Crippen LogP contribution in [0.15, 0.2) is 201 Å². The minimum Gasteiger partial charge on any atom is -0.464 e. The number of ketones is 3. The van der Waals surface area contributed by atoms with Crippen LogP contribution in [0.3, 0.4) is 0 Å². The van der Waals surface area contributed by atoms with Crippen LogP contribution in [0.4, 0.5) is 0 Å². The van der Waals surface area contributed by atoms with Gasteiger partial charge in [0.25, 0.3) is 18.7 Å². The number of nitrogens with one attached hydrogen (secondary N) is 3. The quantitative estimate of drug-likeness (QED) is 0.00598. The molecule has 0 bridgehead atoms. The lowest BCUT2D eigenvalue weighted by Gasteiger charge is -2.25. The maximum atomic E-state index is 14.2. The van der Waals surface area contributed by atoms with Crippen LogP contribution < -0.4 is 42.5 Å². The zero-order chi connectivity index (χ0) is 86.7. The Bertz CT molecular complexity index is 4910. The van der Waals surface area contributed by atoms with Crippen LogP contribution >= 0.6 is 23.2 Å². The zero-order valence-corrected chi connectivity index (χ0v) is 70.4. The van der Waals surface area contributed by atoms with Gasteiger partial charge >= 0.3 is 41.1 Å². The van der Waals surface area contributed by atoms with Gasteiger partial charge in [0, 0.05) is 23.6 Å². The van der Waals surface area contributed by atoms with Gasteiger partial charge in [0.05, 0.1) is 49.2 Å². The van der Waals surface area contributed by atoms with Gasteiger partial charge in [-0.1, -0.05) is 123 Å². The van der Waals surface area contributed by atoms with Gasteiger partial charge in [-0.25, -0.2) is 13.7 Å². The molecule has 119 heavy (non-hydrogen) atoms. The molecule has 3 fully saturated rings. The summed E-state index contributed by atoms with van der Waals surface area (Å²) in [6.45, 7) is 18.5. The van der Waals surface area contributed by atoms with E-state index in [1.54, 1.807) is 142 Å². The van der Waals surface area contributed by atoms with Crippen LogP contribution in [0.2, 0.25) is 0 Å². The molecule has 8 aromatic rings. The average molecular weight is 1710 g/mol. The van der Waals surface area contributed by atoms with Crippen LogP contribution in [-0.4, -0.2) is 171 Å². The number of aromatic nitrogens is 3. The number of esters is 3. The average Bonchev–Trinajstić information content (AvgIpc) is 1.71. The van der Waals surface area contributed by atoms with Crippen molar-refractivity contribution in [1.82, 2.24) is 15.3 Å². The molecule has 3 aliphatic heterocycles. The number of rotatable bonds is 34. The number of carbonyl (C=O) groups excluding carboxylic acids is 6. The van der Waals surface area contributed by atoms with E-state index in [1.165, 1.54) is 73.8 Å². The number of hydrogen-bond acceptors (Lipinski definition) is 27.